The number of hydrogen-bond acceptors (Lipinski definition) is 3. The summed E-state index contributed by atoms with van der Waals surface area (Å²) in [5.74, 6) is 0.254. The van der Waals surface area contributed by atoms with Gasteiger partial charge in [-0.3, -0.25) is 0 Å². The lowest BCUT2D eigenvalue weighted by atomic mass is 10.1. The van der Waals surface area contributed by atoms with Crippen LogP contribution in [0.1, 0.15) is 24.1 Å². The molecule has 4 heteroatoms. The number of nitrogens with zero attached hydrogens (tertiary/aromatic N) is 1. The van der Waals surface area contributed by atoms with Crippen molar-refractivity contribution < 1.29 is 9.13 Å². The van der Waals surface area contributed by atoms with E-state index in [0.717, 1.165) is 5.56 Å². The van der Waals surface area contributed by atoms with Gasteiger partial charge in [0, 0.05) is 11.6 Å². The summed E-state index contributed by atoms with van der Waals surface area (Å²) in [7, 11) is 1.85. The van der Waals surface area contributed by atoms with Crippen LogP contribution >= 0.6 is 0 Å². The van der Waals surface area contributed by atoms with E-state index in [-0.39, 0.29) is 17.4 Å². The number of para-hydroxylation sites is 1. The lowest BCUT2D eigenvalue weighted by Crippen LogP contribution is -2.13. The number of hydrogen-bond donors (Lipinski definition) is 1. The first kappa shape index (κ1) is 14.0. The zero-order chi connectivity index (χ0) is 14.5. The van der Waals surface area contributed by atoms with Crippen LogP contribution in [0.5, 0.6) is 11.5 Å². The van der Waals surface area contributed by atoms with Crippen molar-refractivity contribution in [2.24, 2.45) is 0 Å². The molecule has 0 radical (unpaired) electrons. The van der Waals surface area contributed by atoms with E-state index in [9.17, 15) is 4.39 Å². The highest BCUT2D eigenvalue weighted by molar-refractivity contribution is 5.47. The van der Waals surface area contributed by atoms with E-state index in [0.29, 0.717) is 5.75 Å². The molecule has 0 aliphatic rings. The molecule has 20 heavy (non-hydrogen) atoms. The fourth-order valence-corrected chi connectivity index (χ4v) is 1.90. The monoisotopic (exact) mass is 270 g/mol. The molecule has 1 N–H and O–H groups in total. The lowest BCUT2D eigenvalue weighted by Gasteiger charge is -2.16. The van der Waals surface area contributed by atoms with Crippen LogP contribution in [-0.2, 0) is 0 Å². The zero-order valence-corrected chi connectivity index (χ0v) is 11.4. The first-order valence-corrected chi connectivity index (χ1v) is 6.30. The van der Waals surface area contributed by atoms with Crippen LogP contribution in [0, 0.1) is 17.1 Å². The second-order valence-electron chi connectivity index (χ2n) is 4.38. The Balaban J connectivity index is 2.41. The predicted molar refractivity (Wildman–Crippen MR) is 75.1 cm³/mol. The van der Waals surface area contributed by atoms with Gasteiger partial charge in [0.1, 0.15) is 28.9 Å². The van der Waals surface area contributed by atoms with Crippen molar-refractivity contribution in [3.63, 3.8) is 0 Å². The molecule has 0 amide bonds. The summed E-state index contributed by atoms with van der Waals surface area (Å²) in [5.41, 5.74) is 0.863. The third-order valence-corrected chi connectivity index (χ3v) is 3.13. The Morgan fingerprint density at radius 1 is 1.15 bits per heavy atom. The normalized spacial score (nSPS) is 11.7. The van der Waals surface area contributed by atoms with Crippen LogP contribution in [0.2, 0.25) is 0 Å². The maximum absolute atomic E-state index is 13.6. The van der Waals surface area contributed by atoms with Crippen LogP contribution in [-0.4, -0.2) is 7.05 Å². The van der Waals surface area contributed by atoms with Gasteiger partial charge in [0.15, 0.2) is 0 Å². The Kier molecular flexibility index (Phi) is 4.34. The van der Waals surface area contributed by atoms with Crippen molar-refractivity contribution in [1.29, 1.82) is 5.26 Å². The molecular weight excluding hydrogens is 255 g/mol. The number of rotatable bonds is 4. The average molecular weight is 270 g/mol. The molecule has 0 aliphatic heterocycles. The van der Waals surface area contributed by atoms with Gasteiger partial charge in [0.25, 0.3) is 0 Å². The van der Waals surface area contributed by atoms with Crippen molar-refractivity contribution in [3.05, 3.63) is 59.4 Å². The van der Waals surface area contributed by atoms with Crippen LogP contribution < -0.4 is 10.1 Å². The van der Waals surface area contributed by atoms with E-state index < -0.39 is 5.82 Å². The van der Waals surface area contributed by atoms with Gasteiger partial charge in [-0.1, -0.05) is 24.3 Å². The van der Waals surface area contributed by atoms with Crippen LogP contribution in [0.25, 0.3) is 0 Å². The smallest absolute Gasteiger partial charge is 0.148 e. The molecule has 0 bridgehead atoms. The molecule has 0 saturated heterocycles. The summed E-state index contributed by atoms with van der Waals surface area (Å²) in [6.45, 7) is 2.00. The molecule has 1 atom stereocenters. The molecule has 0 heterocycles. The third-order valence-electron chi connectivity index (χ3n) is 3.13. The Labute approximate surface area is 117 Å². The Morgan fingerprint density at radius 3 is 2.55 bits per heavy atom. The van der Waals surface area contributed by atoms with Crippen molar-refractivity contribution in [1.82, 2.24) is 5.32 Å². The van der Waals surface area contributed by atoms with Gasteiger partial charge >= 0.3 is 0 Å². The first-order chi connectivity index (χ1) is 9.67. The van der Waals surface area contributed by atoms with Crippen LogP contribution in [0.4, 0.5) is 4.39 Å². The first-order valence-electron chi connectivity index (χ1n) is 6.30. The largest absolute Gasteiger partial charge is 0.456 e. The average Bonchev–Trinajstić information content (AvgIpc) is 2.47. The summed E-state index contributed by atoms with van der Waals surface area (Å²) in [4.78, 5) is 0. The number of nitrogens with one attached hydrogen (secondary N) is 1. The van der Waals surface area contributed by atoms with Crippen LogP contribution in [0.3, 0.4) is 0 Å². The summed E-state index contributed by atoms with van der Waals surface area (Å²) in [6.07, 6.45) is 0. The Morgan fingerprint density at radius 2 is 1.85 bits per heavy atom. The minimum absolute atomic E-state index is 0.0839. The third kappa shape index (κ3) is 2.79. The fraction of sp³-hybridized carbons (Fsp3) is 0.188. The van der Waals surface area contributed by atoms with E-state index in [1.165, 1.54) is 12.1 Å². The van der Waals surface area contributed by atoms with Gasteiger partial charge in [-0.2, -0.15) is 5.26 Å². The van der Waals surface area contributed by atoms with E-state index in [4.69, 9.17) is 10.00 Å². The molecule has 3 nitrogen and oxygen atoms in total. The lowest BCUT2D eigenvalue weighted by molar-refractivity contribution is 0.459. The highest BCUT2D eigenvalue weighted by Crippen LogP contribution is 2.31. The maximum Gasteiger partial charge on any atom is 0.148 e. The molecule has 2 rings (SSSR count). The van der Waals surface area contributed by atoms with Gasteiger partial charge < -0.3 is 10.1 Å². The van der Waals surface area contributed by atoms with Gasteiger partial charge in [0.05, 0.1) is 0 Å². The Bertz CT molecular complexity index is 649. The summed E-state index contributed by atoms with van der Waals surface area (Å²) < 4.78 is 19.3. The van der Waals surface area contributed by atoms with Gasteiger partial charge in [-0.15, -0.1) is 0 Å². The topological polar surface area (TPSA) is 45.0 Å². The van der Waals surface area contributed by atoms with Crippen molar-refractivity contribution in [2.75, 3.05) is 7.05 Å². The number of halogens is 1. The molecule has 0 fully saturated rings. The number of benzene rings is 2. The molecule has 0 aliphatic carbocycles. The van der Waals surface area contributed by atoms with Gasteiger partial charge in [-0.25, -0.2) is 4.39 Å². The SMILES string of the molecule is CNC(C)c1ccccc1Oc1cccc(F)c1C#N. The standard InChI is InChI=1S/C16H15FN2O/c1-11(19-2)12-6-3-4-8-15(12)20-16-9-5-7-14(17)13(16)10-18/h3-9,11,19H,1-2H3. The summed E-state index contributed by atoms with van der Waals surface area (Å²) in [6, 6.07) is 13.8. The quantitative estimate of drug-likeness (QED) is 0.919. The molecule has 1 unspecified atom stereocenters. The molecule has 2 aromatic carbocycles. The van der Waals surface area contributed by atoms with Crippen LogP contribution in [0.15, 0.2) is 42.5 Å². The minimum atomic E-state index is -0.579. The number of nitriles is 1. The van der Waals surface area contributed by atoms with E-state index in [1.807, 2.05) is 38.2 Å². The minimum Gasteiger partial charge on any atom is -0.456 e. The second kappa shape index (κ2) is 6.18. The van der Waals surface area contributed by atoms with E-state index in [1.54, 1.807) is 12.1 Å². The fourth-order valence-electron chi connectivity index (χ4n) is 1.90. The van der Waals surface area contributed by atoms with Crippen molar-refractivity contribution >= 4 is 0 Å². The summed E-state index contributed by atoms with van der Waals surface area (Å²) in [5, 5.41) is 12.1. The molecular formula is C16H15FN2O. The van der Waals surface area contributed by atoms with Crippen molar-refractivity contribution in [3.8, 4) is 17.6 Å². The second-order valence-corrected chi connectivity index (χ2v) is 4.38. The summed E-state index contributed by atoms with van der Waals surface area (Å²) >= 11 is 0. The predicted octanol–water partition coefficient (Wildman–Crippen LogP) is 3.77. The molecule has 2 aromatic rings. The number of ether oxygens (including phenoxy) is 1. The highest BCUT2D eigenvalue weighted by Gasteiger charge is 2.14. The highest BCUT2D eigenvalue weighted by atomic mass is 19.1. The molecule has 0 saturated carbocycles. The van der Waals surface area contributed by atoms with E-state index in [2.05, 4.69) is 5.32 Å². The van der Waals surface area contributed by atoms with Crippen molar-refractivity contribution in [2.45, 2.75) is 13.0 Å². The molecule has 102 valence electrons. The van der Waals surface area contributed by atoms with Gasteiger partial charge in [-0.05, 0) is 32.2 Å². The zero-order valence-electron chi connectivity index (χ0n) is 11.4. The van der Waals surface area contributed by atoms with Gasteiger partial charge in [0.2, 0.25) is 0 Å². The maximum atomic E-state index is 13.6. The Hall–Kier alpha value is -2.38. The van der Waals surface area contributed by atoms with E-state index >= 15 is 0 Å². The molecule has 0 spiro atoms. The molecule has 0 aromatic heterocycles.